The maximum Gasteiger partial charge on any atom is 0.326 e. The van der Waals surface area contributed by atoms with Crippen LogP contribution < -0.4 is 10.1 Å². The van der Waals surface area contributed by atoms with Gasteiger partial charge in [0.15, 0.2) is 0 Å². The van der Waals surface area contributed by atoms with E-state index in [-0.39, 0.29) is 0 Å². The standard InChI is InChI=1S/C16H20N2O5/c1-4-16(11-6-8-12(9-7-11)23-5-2)14(21)18(15(22)17-16)10(3)13(19)20/h6-10H,4-5H2,1-3H3,(H,17,22)(H,19,20). The highest BCUT2D eigenvalue weighted by molar-refractivity contribution is 6.09. The number of carbonyl (C=O) groups is 3. The molecule has 3 amide bonds. The summed E-state index contributed by atoms with van der Waals surface area (Å²) in [5.41, 5.74) is -0.646. The summed E-state index contributed by atoms with van der Waals surface area (Å²) in [7, 11) is 0. The number of rotatable bonds is 6. The van der Waals surface area contributed by atoms with Crippen molar-refractivity contribution in [2.24, 2.45) is 0 Å². The van der Waals surface area contributed by atoms with Gasteiger partial charge in [-0.25, -0.2) is 14.5 Å². The van der Waals surface area contributed by atoms with Crippen LogP contribution in [0.15, 0.2) is 24.3 Å². The van der Waals surface area contributed by atoms with E-state index in [2.05, 4.69) is 5.32 Å². The average molecular weight is 320 g/mol. The zero-order valence-electron chi connectivity index (χ0n) is 13.3. The van der Waals surface area contributed by atoms with E-state index in [1.807, 2.05) is 6.92 Å². The number of aliphatic carboxylic acids is 1. The number of benzene rings is 1. The predicted molar refractivity (Wildman–Crippen MR) is 82.1 cm³/mol. The molecule has 0 spiro atoms. The van der Waals surface area contributed by atoms with Crippen LogP contribution in [0.2, 0.25) is 0 Å². The van der Waals surface area contributed by atoms with Gasteiger partial charge in [0.2, 0.25) is 0 Å². The van der Waals surface area contributed by atoms with Crippen LogP contribution in [0.3, 0.4) is 0 Å². The fourth-order valence-corrected chi connectivity index (χ4v) is 2.70. The Kier molecular flexibility index (Phi) is 4.58. The summed E-state index contributed by atoms with van der Waals surface area (Å²) in [6.07, 6.45) is 0.314. The number of hydrogen-bond acceptors (Lipinski definition) is 4. The number of carboxylic acids is 1. The Morgan fingerprint density at radius 1 is 1.30 bits per heavy atom. The topological polar surface area (TPSA) is 95.9 Å². The lowest BCUT2D eigenvalue weighted by molar-refractivity contribution is -0.147. The number of nitrogens with zero attached hydrogens (tertiary/aromatic N) is 1. The van der Waals surface area contributed by atoms with Gasteiger partial charge in [0.25, 0.3) is 5.91 Å². The average Bonchev–Trinajstić information content (AvgIpc) is 2.79. The molecule has 124 valence electrons. The Morgan fingerprint density at radius 2 is 1.91 bits per heavy atom. The molecule has 2 atom stereocenters. The predicted octanol–water partition coefficient (Wildman–Crippen LogP) is 1.72. The third kappa shape index (κ3) is 2.74. The van der Waals surface area contributed by atoms with Gasteiger partial charge in [-0.2, -0.15) is 0 Å². The Hall–Kier alpha value is -2.57. The Morgan fingerprint density at radius 3 is 2.39 bits per heavy atom. The summed E-state index contributed by atoms with van der Waals surface area (Å²) in [6, 6.07) is 4.94. The molecular formula is C16H20N2O5. The van der Waals surface area contributed by atoms with E-state index in [4.69, 9.17) is 9.84 Å². The molecule has 1 aliphatic heterocycles. The lowest BCUT2D eigenvalue weighted by atomic mass is 9.87. The first-order valence-electron chi connectivity index (χ1n) is 7.49. The summed E-state index contributed by atoms with van der Waals surface area (Å²) in [4.78, 5) is 36.8. The van der Waals surface area contributed by atoms with Gasteiger partial charge in [-0.15, -0.1) is 0 Å². The van der Waals surface area contributed by atoms with E-state index in [1.54, 1.807) is 31.2 Å². The molecule has 1 aromatic rings. The molecule has 1 saturated heterocycles. The van der Waals surface area contributed by atoms with Gasteiger partial charge in [-0.1, -0.05) is 19.1 Å². The number of ether oxygens (including phenoxy) is 1. The minimum atomic E-state index is -1.24. The molecule has 0 aliphatic carbocycles. The second kappa shape index (κ2) is 6.28. The number of carboxylic acid groups (broad SMARTS) is 1. The van der Waals surface area contributed by atoms with Crippen molar-refractivity contribution < 1.29 is 24.2 Å². The van der Waals surface area contributed by atoms with E-state index in [1.165, 1.54) is 6.92 Å². The minimum absolute atomic E-state index is 0.314. The summed E-state index contributed by atoms with van der Waals surface area (Å²) in [6.45, 7) is 5.47. The first-order valence-corrected chi connectivity index (χ1v) is 7.49. The van der Waals surface area contributed by atoms with E-state index in [0.29, 0.717) is 24.3 Å². The third-order valence-corrected chi connectivity index (χ3v) is 4.06. The van der Waals surface area contributed by atoms with E-state index in [0.717, 1.165) is 4.90 Å². The second-order valence-corrected chi connectivity index (χ2v) is 5.34. The molecular weight excluding hydrogens is 300 g/mol. The quantitative estimate of drug-likeness (QED) is 0.778. The molecule has 2 N–H and O–H groups in total. The smallest absolute Gasteiger partial charge is 0.326 e. The third-order valence-electron chi connectivity index (χ3n) is 4.06. The fraction of sp³-hybridized carbons (Fsp3) is 0.438. The molecule has 1 fully saturated rings. The van der Waals surface area contributed by atoms with Crippen molar-refractivity contribution in [2.45, 2.75) is 38.8 Å². The highest BCUT2D eigenvalue weighted by Gasteiger charge is 2.53. The van der Waals surface area contributed by atoms with Crippen LogP contribution in [0, 0.1) is 0 Å². The summed E-state index contributed by atoms with van der Waals surface area (Å²) in [5, 5.41) is 11.8. The molecule has 0 bridgehead atoms. The number of urea groups is 1. The number of hydrogen-bond donors (Lipinski definition) is 2. The van der Waals surface area contributed by atoms with Crippen LogP contribution in [0.4, 0.5) is 4.79 Å². The normalized spacial score (nSPS) is 22.0. The van der Waals surface area contributed by atoms with Gasteiger partial charge in [-0.3, -0.25) is 4.79 Å². The van der Waals surface area contributed by atoms with E-state index < -0.39 is 29.5 Å². The van der Waals surface area contributed by atoms with Crippen LogP contribution in [-0.2, 0) is 15.1 Å². The van der Waals surface area contributed by atoms with Gasteiger partial charge in [-0.05, 0) is 38.0 Å². The highest BCUT2D eigenvalue weighted by Crippen LogP contribution is 2.34. The SMILES string of the molecule is CCOc1ccc(C2(CC)NC(=O)N(C(C)C(=O)O)C2=O)cc1. The molecule has 1 aromatic carbocycles. The Balaban J connectivity index is 2.39. The number of amides is 3. The molecule has 0 saturated carbocycles. The first-order chi connectivity index (χ1) is 10.9. The van der Waals surface area contributed by atoms with Crippen LogP contribution in [-0.4, -0.2) is 40.6 Å². The molecule has 0 radical (unpaired) electrons. The maximum atomic E-state index is 12.8. The van der Waals surface area contributed by atoms with Crippen LogP contribution >= 0.6 is 0 Å². The summed E-state index contributed by atoms with van der Waals surface area (Å²) < 4.78 is 5.37. The van der Waals surface area contributed by atoms with E-state index >= 15 is 0 Å². The number of imide groups is 1. The van der Waals surface area contributed by atoms with Gasteiger partial charge < -0.3 is 15.2 Å². The highest BCUT2D eigenvalue weighted by atomic mass is 16.5. The largest absolute Gasteiger partial charge is 0.494 e. The van der Waals surface area contributed by atoms with Crippen LogP contribution in [0.5, 0.6) is 5.75 Å². The molecule has 1 aliphatic rings. The minimum Gasteiger partial charge on any atom is -0.494 e. The van der Waals surface area contributed by atoms with Gasteiger partial charge in [0, 0.05) is 0 Å². The molecule has 23 heavy (non-hydrogen) atoms. The molecule has 2 unspecified atom stereocenters. The van der Waals surface area contributed by atoms with Crippen molar-refractivity contribution in [1.82, 2.24) is 10.2 Å². The number of nitrogens with one attached hydrogen (secondary N) is 1. The zero-order chi connectivity index (χ0) is 17.2. The van der Waals surface area contributed by atoms with Crippen molar-refractivity contribution in [1.29, 1.82) is 0 Å². The molecule has 7 heteroatoms. The summed E-state index contributed by atoms with van der Waals surface area (Å²) in [5.74, 6) is -1.12. The van der Waals surface area contributed by atoms with Gasteiger partial charge in [0.1, 0.15) is 17.3 Å². The van der Waals surface area contributed by atoms with Gasteiger partial charge in [0.05, 0.1) is 6.61 Å². The monoisotopic (exact) mass is 320 g/mol. The lowest BCUT2D eigenvalue weighted by Gasteiger charge is -2.26. The van der Waals surface area contributed by atoms with Gasteiger partial charge >= 0.3 is 12.0 Å². The van der Waals surface area contributed by atoms with Crippen LogP contribution in [0.25, 0.3) is 0 Å². The Labute approximate surface area is 134 Å². The molecule has 7 nitrogen and oxygen atoms in total. The van der Waals surface area contributed by atoms with Crippen molar-refractivity contribution in [2.75, 3.05) is 6.61 Å². The molecule has 1 heterocycles. The zero-order valence-corrected chi connectivity index (χ0v) is 13.3. The van der Waals surface area contributed by atoms with Crippen LogP contribution in [0.1, 0.15) is 32.8 Å². The van der Waals surface area contributed by atoms with Crippen molar-refractivity contribution in [3.63, 3.8) is 0 Å². The fourth-order valence-electron chi connectivity index (χ4n) is 2.70. The Bertz CT molecular complexity index is 628. The van der Waals surface area contributed by atoms with Crippen molar-refractivity contribution >= 4 is 17.9 Å². The molecule has 0 aromatic heterocycles. The number of carbonyl (C=O) groups excluding carboxylic acids is 2. The maximum absolute atomic E-state index is 12.8. The lowest BCUT2D eigenvalue weighted by Crippen LogP contribution is -2.46. The summed E-state index contributed by atoms with van der Waals surface area (Å²) >= 11 is 0. The second-order valence-electron chi connectivity index (χ2n) is 5.34. The molecule has 2 rings (SSSR count). The van der Waals surface area contributed by atoms with Crippen molar-refractivity contribution in [3.05, 3.63) is 29.8 Å². The van der Waals surface area contributed by atoms with Crippen molar-refractivity contribution in [3.8, 4) is 5.75 Å². The van der Waals surface area contributed by atoms with E-state index in [9.17, 15) is 14.4 Å². The first kappa shape index (κ1) is 16.8.